The van der Waals surface area contributed by atoms with Gasteiger partial charge in [0, 0.05) is 24.7 Å². The van der Waals surface area contributed by atoms with E-state index in [1.165, 1.54) is 0 Å². The number of halogens is 3. The van der Waals surface area contributed by atoms with Crippen LogP contribution in [0.15, 0.2) is 24.3 Å². The second-order valence-corrected chi connectivity index (χ2v) is 5.70. The molecule has 1 amide bonds. The number of carbonyl (C=O) groups excluding carboxylic acids is 1. The molecule has 1 atom stereocenters. The lowest BCUT2D eigenvalue weighted by atomic mass is 10.0. The molecule has 0 aromatic heterocycles. The lowest BCUT2D eigenvalue weighted by Crippen LogP contribution is -2.51. The highest BCUT2D eigenvalue weighted by Gasteiger charge is 2.29. The van der Waals surface area contributed by atoms with Crippen molar-refractivity contribution in [2.24, 2.45) is 0 Å². The van der Waals surface area contributed by atoms with Crippen molar-refractivity contribution in [3.05, 3.63) is 34.9 Å². The molecule has 0 aliphatic carbocycles. The second-order valence-electron chi connectivity index (χ2n) is 5.29. The van der Waals surface area contributed by atoms with Crippen LogP contribution < -0.4 is 5.32 Å². The smallest absolute Gasteiger partial charge is 0.237 e. The Balaban J connectivity index is 0.00000242. The molecule has 0 saturated carbocycles. The summed E-state index contributed by atoms with van der Waals surface area (Å²) in [5.74, 6) is 0.185. The first-order valence-corrected chi connectivity index (χ1v) is 8.02. The molecular weight excluding hydrogens is 357 g/mol. The van der Waals surface area contributed by atoms with Crippen molar-refractivity contribution in [3.63, 3.8) is 0 Å². The SMILES string of the molecule is CCN(CC)CC(=O)N1CCNCC1c1ccccc1Cl.Cl.Cl. The van der Waals surface area contributed by atoms with Crippen molar-refractivity contribution >= 4 is 42.3 Å². The third-order valence-corrected chi connectivity index (χ3v) is 4.43. The van der Waals surface area contributed by atoms with Crippen molar-refractivity contribution < 1.29 is 4.79 Å². The quantitative estimate of drug-likeness (QED) is 0.850. The van der Waals surface area contributed by atoms with E-state index in [1.54, 1.807) is 0 Å². The molecule has 1 aromatic rings. The number of amides is 1. The van der Waals surface area contributed by atoms with E-state index in [2.05, 4.69) is 24.1 Å². The summed E-state index contributed by atoms with van der Waals surface area (Å²) in [5.41, 5.74) is 1.03. The summed E-state index contributed by atoms with van der Waals surface area (Å²) in [5, 5.41) is 4.09. The van der Waals surface area contributed by atoms with Crippen molar-refractivity contribution in [3.8, 4) is 0 Å². The zero-order chi connectivity index (χ0) is 15.2. The van der Waals surface area contributed by atoms with Gasteiger partial charge in [0.2, 0.25) is 5.91 Å². The summed E-state index contributed by atoms with van der Waals surface area (Å²) in [6.45, 7) is 8.76. The molecule has 1 saturated heterocycles. The highest BCUT2D eigenvalue weighted by atomic mass is 35.5. The highest BCUT2D eigenvalue weighted by Crippen LogP contribution is 2.28. The number of hydrogen-bond donors (Lipinski definition) is 1. The van der Waals surface area contributed by atoms with Crippen LogP contribution in [0.25, 0.3) is 0 Å². The van der Waals surface area contributed by atoms with Gasteiger partial charge in [0.05, 0.1) is 12.6 Å². The van der Waals surface area contributed by atoms with Crippen molar-refractivity contribution in [2.75, 3.05) is 39.3 Å². The van der Waals surface area contributed by atoms with E-state index < -0.39 is 0 Å². The number of likely N-dealkylation sites (N-methyl/N-ethyl adjacent to an activating group) is 1. The van der Waals surface area contributed by atoms with Crippen LogP contribution in [0.4, 0.5) is 0 Å². The second kappa shape index (κ2) is 11.1. The molecule has 1 aromatic carbocycles. The Morgan fingerprint density at radius 3 is 2.57 bits per heavy atom. The molecule has 1 aliphatic rings. The Hall–Kier alpha value is -0.520. The molecule has 0 radical (unpaired) electrons. The standard InChI is InChI=1S/C16H24ClN3O.2ClH/c1-3-19(4-2)12-16(21)20-10-9-18-11-15(20)13-7-5-6-8-14(13)17;;/h5-8,15,18H,3-4,9-12H2,1-2H3;2*1H. The summed E-state index contributed by atoms with van der Waals surface area (Å²) in [6, 6.07) is 7.82. The summed E-state index contributed by atoms with van der Waals surface area (Å²) in [7, 11) is 0. The van der Waals surface area contributed by atoms with Crippen molar-refractivity contribution in [1.29, 1.82) is 0 Å². The Morgan fingerprint density at radius 1 is 1.30 bits per heavy atom. The van der Waals surface area contributed by atoms with Gasteiger partial charge in [-0.15, -0.1) is 24.8 Å². The summed E-state index contributed by atoms with van der Waals surface area (Å²) < 4.78 is 0. The van der Waals surface area contributed by atoms with Gasteiger partial charge in [-0.2, -0.15) is 0 Å². The van der Waals surface area contributed by atoms with Crippen LogP contribution in [0, 0.1) is 0 Å². The molecule has 23 heavy (non-hydrogen) atoms. The number of benzene rings is 1. The van der Waals surface area contributed by atoms with Crippen LogP contribution in [0.2, 0.25) is 5.02 Å². The molecular formula is C16H26Cl3N3O. The molecule has 7 heteroatoms. The van der Waals surface area contributed by atoms with Gasteiger partial charge in [-0.25, -0.2) is 0 Å². The molecule has 2 rings (SSSR count). The first-order valence-electron chi connectivity index (χ1n) is 7.64. The minimum atomic E-state index is 0. The van der Waals surface area contributed by atoms with Crippen LogP contribution in [-0.2, 0) is 4.79 Å². The van der Waals surface area contributed by atoms with E-state index in [0.29, 0.717) is 6.54 Å². The van der Waals surface area contributed by atoms with E-state index in [9.17, 15) is 4.79 Å². The first-order chi connectivity index (χ1) is 10.2. The predicted octanol–water partition coefficient (Wildman–Crippen LogP) is 3.00. The fraction of sp³-hybridized carbons (Fsp3) is 0.562. The van der Waals surface area contributed by atoms with E-state index in [1.807, 2.05) is 29.2 Å². The average Bonchev–Trinajstić information content (AvgIpc) is 2.53. The van der Waals surface area contributed by atoms with Crippen molar-refractivity contribution in [1.82, 2.24) is 15.1 Å². The number of carbonyl (C=O) groups is 1. The minimum absolute atomic E-state index is 0. The number of nitrogens with zero attached hydrogens (tertiary/aromatic N) is 2. The highest BCUT2D eigenvalue weighted by molar-refractivity contribution is 6.31. The van der Waals surface area contributed by atoms with Gasteiger partial charge >= 0.3 is 0 Å². The van der Waals surface area contributed by atoms with Gasteiger partial charge in [0.25, 0.3) is 0 Å². The fourth-order valence-corrected chi connectivity index (χ4v) is 3.02. The summed E-state index contributed by atoms with van der Waals surface area (Å²) in [4.78, 5) is 16.7. The lowest BCUT2D eigenvalue weighted by Gasteiger charge is -2.38. The molecule has 0 spiro atoms. The molecule has 1 heterocycles. The third kappa shape index (κ3) is 5.80. The maximum Gasteiger partial charge on any atom is 0.237 e. The van der Waals surface area contributed by atoms with Crippen LogP contribution in [0.5, 0.6) is 0 Å². The zero-order valence-electron chi connectivity index (χ0n) is 13.6. The molecule has 0 bridgehead atoms. The Bertz CT molecular complexity index is 483. The average molecular weight is 383 g/mol. The number of hydrogen-bond acceptors (Lipinski definition) is 3. The minimum Gasteiger partial charge on any atom is -0.332 e. The fourth-order valence-electron chi connectivity index (χ4n) is 2.76. The van der Waals surface area contributed by atoms with E-state index in [-0.39, 0.29) is 36.8 Å². The summed E-state index contributed by atoms with van der Waals surface area (Å²) >= 11 is 6.31. The summed E-state index contributed by atoms with van der Waals surface area (Å²) in [6.07, 6.45) is 0. The number of piperazine rings is 1. The molecule has 4 nitrogen and oxygen atoms in total. The molecule has 1 fully saturated rings. The zero-order valence-corrected chi connectivity index (χ0v) is 16.0. The molecule has 1 N–H and O–H groups in total. The van der Waals surface area contributed by atoms with Gasteiger partial charge in [0.1, 0.15) is 0 Å². The third-order valence-electron chi connectivity index (χ3n) is 4.08. The molecule has 132 valence electrons. The van der Waals surface area contributed by atoms with E-state index in [4.69, 9.17) is 11.6 Å². The maximum atomic E-state index is 12.6. The van der Waals surface area contributed by atoms with Crippen LogP contribution >= 0.6 is 36.4 Å². The Kier molecular flexibility index (Phi) is 10.9. The van der Waals surface area contributed by atoms with E-state index in [0.717, 1.165) is 43.3 Å². The molecule has 1 aliphatic heterocycles. The predicted molar refractivity (Wildman–Crippen MR) is 101 cm³/mol. The van der Waals surface area contributed by atoms with Gasteiger partial charge < -0.3 is 10.2 Å². The number of nitrogens with one attached hydrogen (secondary N) is 1. The van der Waals surface area contributed by atoms with Gasteiger partial charge in [-0.1, -0.05) is 43.6 Å². The van der Waals surface area contributed by atoms with Crippen LogP contribution in [-0.4, -0.2) is 55.0 Å². The van der Waals surface area contributed by atoms with Crippen LogP contribution in [0.3, 0.4) is 0 Å². The normalized spacial score (nSPS) is 17.4. The maximum absolute atomic E-state index is 12.6. The van der Waals surface area contributed by atoms with Gasteiger partial charge in [-0.3, -0.25) is 9.69 Å². The first kappa shape index (κ1) is 22.5. The van der Waals surface area contributed by atoms with Gasteiger partial charge in [0.15, 0.2) is 0 Å². The Morgan fingerprint density at radius 2 is 1.96 bits per heavy atom. The van der Waals surface area contributed by atoms with Gasteiger partial charge in [-0.05, 0) is 24.7 Å². The van der Waals surface area contributed by atoms with E-state index >= 15 is 0 Å². The Labute approximate surface area is 156 Å². The lowest BCUT2D eigenvalue weighted by molar-refractivity contribution is -0.135. The topological polar surface area (TPSA) is 35.6 Å². The van der Waals surface area contributed by atoms with Crippen LogP contribution in [0.1, 0.15) is 25.5 Å². The van der Waals surface area contributed by atoms with Crippen molar-refractivity contribution in [2.45, 2.75) is 19.9 Å². The molecule has 1 unspecified atom stereocenters. The number of rotatable bonds is 5. The largest absolute Gasteiger partial charge is 0.332 e. The monoisotopic (exact) mass is 381 g/mol.